The number of aliphatic hydroxyl groups excluding tert-OH is 8. The van der Waals surface area contributed by atoms with E-state index < -0.39 is 111 Å². The molecule has 15 unspecified atom stereocenters. The number of carbonyl (C=O) groups is 1. The minimum atomic E-state index is -1.68. The highest BCUT2D eigenvalue weighted by Crippen LogP contribution is 2.33. The Morgan fingerprint density at radius 2 is 1.28 bits per heavy atom. The van der Waals surface area contributed by atoms with Crippen molar-refractivity contribution in [1.82, 2.24) is 5.32 Å². The minimum Gasteiger partial charge on any atom is -0.394 e. The number of rotatable bonds is 7. The monoisotopic (exact) mass is 527 g/mol. The maximum Gasteiger partial charge on any atom is 0.217 e. The van der Waals surface area contributed by atoms with Crippen molar-refractivity contribution >= 4 is 5.91 Å². The Balaban J connectivity index is 1.88. The van der Waals surface area contributed by atoms with Crippen LogP contribution in [-0.2, 0) is 28.5 Å². The number of carbonyl (C=O) groups excluding carboxylic acids is 1. The fourth-order valence-electron chi connectivity index (χ4n) is 4.63. The van der Waals surface area contributed by atoms with Crippen molar-refractivity contribution < 1.29 is 69.3 Å². The van der Waals surface area contributed by atoms with E-state index in [1.165, 1.54) is 13.8 Å². The lowest BCUT2D eigenvalue weighted by Crippen LogP contribution is -2.68. The summed E-state index contributed by atoms with van der Waals surface area (Å²) in [6.07, 6.45) is -19.2. The third-order valence-corrected chi connectivity index (χ3v) is 6.72. The molecule has 0 aromatic heterocycles. The Bertz CT molecular complexity index is 731. The van der Waals surface area contributed by atoms with Crippen molar-refractivity contribution in [2.75, 3.05) is 13.2 Å². The van der Waals surface area contributed by atoms with E-state index in [1.807, 2.05) is 0 Å². The summed E-state index contributed by atoms with van der Waals surface area (Å²) in [5.74, 6) is -0.590. The normalized spacial score (nSPS) is 50.0. The number of aliphatic hydroxyl groups is 8. The molecule has 36 heavy (non-hydrogen) atoms. The van der Waals surface area contributed by atoms with Crippen LogP contribution >= 0.6 is 0 Å². The Labute approximate surface area is 207 Å². The number of amides is 1. The van der Waals surface area contributed by atoms with Crippen LogP contribution in [0, 0.1) is 0 Å². The summed E-state index contributed by atoms with van der Waals surface area (Å²) < 4.78 is 28.4. The van der Waals surface area contributed by atoms with Gasteiger partial charge in [0.25, 0.3) is 0 Å². The average Bonchev–Trinajstić information content (AvgIpc) is 2.84. The topological polar surface area (TPSA) is 237 Å². The van der Waals surface area contributed by atoms with E-state index in [0.29, 0.717) is 0 Å². The fraction of sp³-hybridized carbons (Fsp3) is 0.952. The van der Waals surface area contributed by atoms with E-state index in [4.69, 9.17) is 23.7 Å². The fourth-order valence-corrected chi connectivity index (χ4v) is 4.63. The zero-order chi connectivity index (χ0) is 26.9. The Kier molecular flexibility index (Phi) is 10.0. The number of hydrogen-bond donors (Lipinski definition) is 9. The number of ether oxygens (including phenoxy) is 5. The zero-order valence-electron chi connectivity index (χ0n) is 20.1. The van der Waals surface area contributed by atoms with Crippen LogP contribution in [0.25, 0.3) is 0 Å². The molecule has 0 radical (unpaired) electrons. The summed E-state index contributed by atoms with van der Waals surface area (Å²) in [7, 11) is 0. The van der Waals surface area contributed by atoms with Gasteiger partial charge in [-0.05, 0) is 13.8 Å². The molecule has 0 saturated carbocycles. The first kappa shape index (κ1) is 29.5. The molecule has 0 aliphatic carbocycles. The molecule has 3 fully saturated rings. The van der Waals surface area contributed by atoms with Gasteiger partial charge in [0.1, 0.15) is 67.1 Å². The lowest BCUT2D eigenvalue weighted by Gasteiger charge is -2.49. The van der Waals surface area contributed by atoms with Gasteiger partial charge < -0.3 is 69.9 Å². The molecule has 3 aliphatic heterocycles. The van der Waals surface area contributed by atoms with Gasteiger partial charge in [0, 0.05) is 6.92 Å². The SMILES string of the molecule is CC(=O)NC1C(OC2C(O)C(CO)OC(C)C2OC2OC(C)C(O)C(O)C2O)OC(CO)C(O)C1O. The van der Waals surface area contributed by atoms with E-state index in [0.717, 1.165) is 6.92 Å². The summed E-state index contributed by atoms with van der Waals surface area (Å²) in [6.45, 7) is 2.84. The smallest absolute Gasteiger partial charge is 0.217 e. The number of hydrogen-bond acceptors (Lipinski definition) is 14. The van der Waals surface area contributed by atoms with Crippen LogP contribution in [0.1, 0.15) is 20.8 Å². The molecule has 0 aromatic carbocycles. The van der Waals surface area contributed by atoms with Gasteiger partial charge in [0.05, 0.1) is 25.4 Å². The van der Waals surface area contributed by atoms with Crippen molar-refractivity contribution in [3.63, 3.8) is 0 Å². The highest BCUT2D eigenvalue weighted by Gasteiger charge is 2.53. The minimum absolute atomic E-state index is 0.590. The third kappa shape index (κ3) is 5.99. The van der Waals surface area contributed by atoms with Crippen molar-refractivity contribution in [3.8, 4) is 0 Å². The van der Waals surface area contributed by atoms with Gasteiger partial charge in [-0.3, -0.25) is 4.79 Å². The van der Waals surface area contributed by atoms with Crippen LogP contribution in [0.4, 0.5) is 0 Å². The van der Waals surface area contributed by atoms with Crippen LogP contribution in [0.2, 0.25) is 0 Å². The lowest BCUT2D eigenvalue weighted by molar-refractivity contribution is -0.359. The average molecular weight is 528 g/mol. The van der Waals surface area contributed by atoms with Crippen LogP contribution in [-0.4, -0.2) is 152 Å². The molecule has 15 heteroatoms. The molecule has 0 aromatic rings. The zero-order valence-corrected chi connectivity index (χ0v) is 20.1. The van der Waals surface area contributed by atoms with E-state index in [9.17, 15) is 45.6 Å². The van der Waals surface area contributed by atoms with Gasteiger partial charge in [-0.15, -0.1) is 0 Å². The summed E-state index contributed by atoms with van der Waals surface area (Å²) >= 11 is 0. The summed E-state index contributed by atoms with van der Waals surface area (Å²) in [5.41, 5.74) is 0. The van der Waals surface area contributed by atoms with Crippen LogP contribution < -0.4 is 5.32 Å². The summed E-state index contributed by atoms with van der Waals surface area (Å²) in [4.78, 5) is 11.7. The molecular formula is C21H37NO14. The first-order chi connectivity index (χ1) is 16.9. The molecule has 210 valence electrons. The molecule has 9 N–H and O–H groups in total. The van der Waals surface area contributed by atoms with E-state index in [2.05, 4.69) is 5.32 Å². The van der Waals surface area contributed by atoms with E-state index in [-0.39, 0.29) is 0 Å². The standard InChI is InChI=1S/C21H37NO14/c1-6-12(26)16(30)17(31)21(33-6)35-18-7(2)32-10(5-24)14(28)19(18)36-20-11(22-8(3)25)15(29)13(27)9(4-23)34-20/h6-7,9-21,23-24,26-31H,4-5H2,1-3H3,(H,22,25). The van der Waals surface area contributed by atoms with Crippen LogP contribution in [0.5, 0.6) is 0 Å². The summed E-state index contributed by atoms with van der Waals surface area (Å²) in [5, 5.41) is 83.8. The Morgan fingerprint density at radius 1 is 0.694 bits per heavy atom. The van der Waals surface area contributed by atoms with Crippen molar-refractivity contribution in [1.29, 1.82) is 0 Å². The van der Waals surface area contributed by atoms with Crippen molar-refractivity contribution in [2.24, 2.45) is 0 Å². The predicted molar refractivity (Wildman–Crippen MR) is 115 cm³/mol. The molecule has 3 rings (SSSR count). The van der Waals surface area contributed by atoms with Gasteiger partial charge >= 0.3 is 0 Å². The largest absolute Gasteiger partial charge is 0.394 e. The molecule has 15 atom stereocenters. The van der Waals surface area contributed by atoms with Gasteiger partial charge in [0.15, 0.2) is 12.6 Å². The summed E-state index contributed by atoms with van der Waals surface area (Å²) in [6, 6.07) is -1.33. The Morgan fingerprint density at radius 3 is 1.86 bits per heavy atom. The maximum atomic E-state index is 11.7. The van der Waals surface area contributed by atoms with E-state index >= 15 is 0 Å². The van der Waals surface area contributed by atoms with Gasteiger partial charge in [0.2, 0.25) is 5.91 Å². The van der Waals surface area contributed by atoms with Gasteiger partial charge in [-0.25, -0.2) is 0 Å². The van der Waals surface area contributed by atoms with Crippen LogP contribution in [0.3, 0.4) is 0 Å². The Hall–Kier alpha value is -1.05. The molecule has 15 nitrogen and oxygen atoms in total. The molecular weight excluding hydrogens is 490 g/mol. The molecule has 3 heterocycles. The maximum absolute atomic E-state index is 11.7. The van der Waals surface area contributed by atoms with Crippen molar-refractivity contribution in [3.05, 3.63) is 0 Å². The second kappa shape index (κ2) is 12.2. The molecule has 0 bridgehead atoms. The molecule has 1 amide bonds. The lowest BCUT2D eigenvalue weighted by atomic mass is 9.93. The molecule has 3 saturated heterocycles. The van der Waals surface area contributed by atoms with Crippen LogP contribution in [0.15, 0.2) is 0 Å². The highest BCUT2D eigenvalue weighted by atomic mass is 16.7. The predicted octanol–water partition coefficient (Wildman–Crippen LogP) is -5.33. The first-order valence-corrected chi connectivity index (χ1v) is 11.8. The highest BCUT2D eigenvalue weighted by molar-refractivity contribution is 5.73. The van der Waals surface area contributed by atoms with E-state index in [1.54, 1.807) is 0 Å². The third-order valence-electron chi connectivity index (χ3n) is 6.72. The van der Waals surface area contributed by atoms with Crippen molar-refractivity contribution in [2.45, 2.75) is 113 Å². The molecule has 3 aliphatic rings. The van der Waals surface area contributed by atoms with Gasteiger partial charge in [-0.2, -0.15) is 0 Å². The first-order valence-electron chi connectivity index (χ1n) is 11.8. The van der Waals surface area contributed by atoms with Gasteiger partial charge in [-0.1, -0.05) is 0 Å². The number of nitrogens with one attached hydrogen (secondary N) is 1. The quantitative estimate of drug-likeness (QED) is 0.150. The molecule has 0 spiro atoms. The second-order valence-electron chi connectivity index (χ2n) is 9.37. The second-order valence-corrected chi connectivity index (χ2v) is 9.37.